The highest BCUT2D eigenvalue weighted by molar-refractivity contribution is 5.83. The van der Waals surface area contributed by atoms with Crippen molar-refractivity contribution in [1.29, 1.82) is 0 Å². The number of aromatic nitrogens is 5. The van der Waals surface area contributed by atoms with Crippen molar-refractivity contribution in [3.8, 4) is 17.2 Å². The number of rotatable bonds is 11. The van der Waals surface area contributed by atoms with Gasteiger partial charge in [-0.25, -0.2) is 4.68 Å². The molecule has 0 amide bonds. The zero-order valence-corrected chi connectivity index (χ0v) is 23.2. The standard InChI is InChI=1S/C29H36N6O4/c1-6-10-23(27-31-32-33-35(27)29(3,4)7-2)34(16-19-11-8-9-12-24(19)37-5)17-21-13-20-14-25-26(39-18-38-25)15-22(20)30-28(21)36/h8-9,11-15,23H,6-7,10,16-18H2,1-5H3,(H,30,36)/t23-/m0/s1. The minimum absolute atomic E-state index is 0.132. The van der Waals surface area contributed by atoms with Crippen LogP contribution in [0.15, 0.2) is 47.3 Å². The number of tetrazole rings is 1. The molecule has 10 nitrogen and oxygen atoms in total. The topological polar surface area (TPSA) is 107 Å². The monoisotopic (exact) mass is 532 g/mol. The molecule has 1 aliphatic rings. The van der Waals surface area contributed by atoms with Crippen molar-refractivity contribution >= 4 is 10.9 Å². The minimum atomic E-state index is -0.260. The van der Waals surface area contributed by atoms with Crippen LogP contribution in [0.25, 0.3) is 10.9 Å². The zero-order valence-electron chi connectivity index (χ0n) is 23.2. The molecule has 0 saturated heterocycles. The van der Waals surface area contributed by atoms with E-state index in [2.05, 4.69) is 59.2 Å². The van der Waals surface area contributed by atoms with E-state index in [4.69, 9.17) is 14.2 Å². The van der Waals surface area contributed by atoms with Crippen molar-refractivity contribution in [3.63, 3.8) is 0 Å². The maximum atomic E-state index is 13.4. The summed E-state index contributed by atoms with van der Waals surface area (Å²) in [6, 6.07) is 13.5. The molecule has 3 heterocycles. The Morgan fingerprint density at radius 3 is 2.59 bits per heavy atom. The van der Waals surface area contributed by atoms with E-state index in [-0.39, 0.29) is 23.9 Å². The van der Waals surface area contributed by atoms with E-state index in [9.17, 15) is 4.79 Å². The summed E-state index contributed by atoms with van der Waals surface area (Å²) in [7, 11) is 1.68. The van der Waals surface area contributed by atoms with Crippen LogP contribution in [0, 0.1) is 0 Å². The fourth-order valence-electron chi connectivity index (χ4n) is 5.04. The Labute approximate surface area is 227 Å². The summed E-state index contributed by atoms with van der Waals surface area (Å²) in [6.07, 6.45) is 2.61. The number of para-hydroxylation sites is 1. The molecule has 2 aromatic carbocycles. The van der Waals surface area contributed by atoms with Crippen molar-refractivity contribution in [1.82, 2.24) is 30.1 Å². The van der Waals surface area contributed by atoms with E-state index in [1.54, 1.807) is 7.11 Å². The van der Waals surface area contributed by atoms with Crippen molar-refractivity contribution in [2.45, 2.75) is 71.6 Å². The van der Waals surface area contributed by atoms with Gasteiger partial charge >= 0.3 is 0 Å². The molecule has 0 spiro atoms. The summed E-state index contributed by atoms with van der Waals surface area (Å²) in [4.78, 5) is 18.7. The Morgan fingerprint density at radius 2 is 1.85 bits per heavy atom. The number of nitrogens with one attached hydrogen (secondary N) is 1. The molecule has 2 aromatic heterocycles. The highest BCUT2D eigenvalue weighted by Crippen LogP contribution is 2.36. The molecule has 0 aliphatic carbocycles. The van der Waals surface area contributed by atoms with Gasteiger partial charge in [-0.2, -0.15) is 0 Å². The van der Waals surface area contributed by atoms with Gasteiger partial charge in [-0.3, -0.25) is 9.69 Å². The van der Waals surface area contributed by atoms with Crippen LogP contribution in [-0.2, 0) is 18.6 Å². The molecule has 206 valence electrons. The predicted octanol–water partition coefficient (Wildman–Crippen LogP) is 4.94. The maximum absolute atomic E-state index is 13.4. The number of pyridine rings is 1. The second kappa shape index (κ2) is 11.1. The SMILES string of the molecule is CCC[C@@H](c1nnnn1C(C)(C)CC)N(Cc1ccccc1OC)Cc1cc2cc3c(cc2[nH]c1=O)OCO3. The summed E-state index contributed by atoms with van der Waals surface area (Å²) in [5, 5.41) is 13.9. The summed E-state index contributed by atoms with van der Waals surface area (Å²) in [5.41, 5.74) is 1.98. The molecule has 1 N–H and O–H groups in total. The lowest BCUT2D eigenvalue weighted by molar-refractivity contribution is 0.144. The highest BCUT2D eigenvalue weighted by atomic mass is 16.7. The summed E-state index contributed by atoms with van der Waals surface area (Å²) >= 11 is 0. The largest absolute Gasteiger partial charge is 0.496 e. The number of nitrogens with zero attached hydrogens (tertiary/aromatic N) is 5. The molecular weight excluding hydrogens is 496 g/mol. The molecular formula is C29H36N6O4. The van der Waals surface area contributed by atoms with Crippen molar-refractivity contribution < 1.29 is 14.2 Å². The first-order valence-corrected chi connectivity index (χ1v) is 13.4. The number of ether oxygens (including phenoxy) is 3. The van der Waals surface area contributed by atoms with E-state index in [0.29, 0.717) is 35.7 Å². The molecule has 0 fully saturated rings. The Morgan fingerprint density at radius 1 is 1.10 bits per heavy atom. The molecule has 39 heavy (non-hydrogen) atoms. The lowest BCUT2D eigenvalue weighted by Gasteiger charge is -2.33. The van der Waals surface area contributed by atoms with Gasteiger partial charge in [0, 0.05) is 35.7 Å². The first-order chi connectivity index (χ1) is 18.8. The van der Waals surface area contributed by atoms with Gasteiger partial charge in [0.15, 0.2) is 17.3 Å². The van der Waals surface area contributed by atoms with Gasteiger partial charge in [0.05, 0.1) is 24.2 Å². The maximum Gasteiger partial charge on any atom is 0.252 e. The third-order valence-electron chi connectivity index (χ3n) is 7.59. The average molecular weight is 533 g/mol. The molecule has 4 aromatic rings. The molecule has 0 saturated carbocycles. The lowest BCUT2D eigenvalue weighted by atomic mass is 10.00. The quantitative estimate of drug-likeness (QED) is 0.289. The van der Waals surface area contributed by atoms with Crippen LogP contribution in [0.2, 0.25) is 0 Å². The molecule has 0 unspecified atom stereocenters. The molecule has 0 bridgehead atoms. The molecule has 5 rings (SSSR count). The van der Waals surface area contributed by atoms with Crippen molar-refractivity contribution in [2.24, 2.45) is 0 Å². The Kier molecular flexibility index (Phi) is 7.56. The van der Waals surface area contributed by atoms with E-state index in [1.807, 2.05) is 41.1 Å². The molecule has 1 aliphatic heterocycles. The summed E-state index contributed by atoms with van der Waals surface area (Å²) in [6.45, 7) is 9.68. The van der Waals surface area contributed by atoms with Gasteiger partial charge < -0.3 is 19.2 Å². The van der Waals surface area contributed by atoms with Crippen molar-refractivity contribution in [3.05, 3.63) is 69.8 Å². The minimum Gasteiger partial charge on any atom is -0.496 e. The fourth-order valence-corrected chi connectivity index (χ4v) is 5.04. The number of hydrogen-bond donors (Lipinski definition) is 1. The first-order valence-electron chi connectivity index (χ1n) is 13.4. The number of hydrogen-bond acceptors (Lipinski definition) is 8. The smallest absolute Gasteiger partial charge is 0.252 e. The number of methoxy groups -OCH3 is 1. The third kappa shape index (κ3) is 5.34. The summed E-state index contributed by atoms with van der Waals surface area (Å²) in [5.74, 6) is 2.90. The fraction of sp³-hybridized carbons (Fsp3) is 0.448. The van der Waals surface area contributed by atoms with Crippen LogP contribution in [0.4, 0.5) is 0 Å². The normalized spacial score (nSPS) is 13.8. The third-order valence-corrected chi connectivity index (χ3v) is 7.59. The summed E-state index contributed by atoms with van der Waals surface area (Å²) < 4.78 is 18.7. The Bertz CT molecular complexity index is 1510. The van der Waals surface area contributed by atoms with Gasteiger partial charge in [-0.1, -0.05) is 38.5 Å². The number of aromatic amines is 1. The molecule has 0 radical (unpaired) electrons. The predicted molar refractivity (Wildman–Crippen MR) is 148 cm³/mol. The van der Waals surface area contributed by atoms with E-state index >= 15 is 0 Å². The van der Waals surface area contributed by atoms with Crippen LogP contribution < -0.4 is 19.8 Å². The Hall–Kier alpha value is -3.92. The van der Waals surface area contributed by atoms with E-state index < -0.39 is 0 Å². The Balaban J connectivity index is 1.59. The van der Waals surface area contributed by atoms with Gasteiger partial charge in [0.2, 0.25) is 6.79 Å². The molecule has 1 atom stereocenters. The average Bonchev–Trinajstić information content (AvgIpc) is 3.61. The number of benzene rings is 2. The van der Waals surface area contributed by atoms with Crippen LogP contribution in [0.5, 0.6) is 17.2 Å². The van der Waals surface area contributed by atoms with E-state index in [0.717, 1.165) is 41.8 Å². The highest BCUT2D eigenvalue weighted by Gasteiger charge is 2.32. The number of H-pyrrole nitrogens is 1. The number of fused-ring (bicyclic) bond motifs is 2. The van der Waals surface area contributed by atoms with E-state index in [1.165, 1.54) is 0 Å². The van der Waals surface area contributed by atoms with Crippen molar-refractivity contribution in [2.75, 3.05) is 13.9 Å². The lowest BCUT2D eigenvalue weighted by Crippen LogP contribution is -2.36. The second-order valence-electron chi connectivity index (χ2n) is 10.6. The van der Waals surface area contributed by atoms with Gasteiger partial charge in [-0.15, -0.1) is 5.10 Å². The van der Waals surface area contributed by atoms with Gasteiger partial charge in [0.25, 0.3) is 5.56 Å². The first kappa shape index (κ1) is 26.7. The second-order valence-corrected chi connectivity index (χ2v) is 10.6. The van der Waals surface area contributed by atoms with Gasteiger partial charge in [0.1, 0.15) is 5.75 Å². The molecule has 10 heteroatoms. The van der Waals surface area contributed by atoms with Crippen LogP contribution in [-0.4, -0.2) is 44.0 Å². The van der Waals surface area contributed by atoms with Gasteiger partial charge in [-0.05, 0) is 55.3 Å². The van der Waals surface area contributed by atoms with Crippen LogP contribution in [0.3, 0.4) is 0 Å². The van der Waals surface area contributed by atoms with Crippen LogP contribution >= 0.6 is 0 Å². The zero-order chi connectivity index (χ0) is 27.6. The van der Waals surface area contributed by atoms with Crippen LogP contribution in [0.1, 0.15) is 70.0 Å².